The molecule has 1 aliphatic heterocycles. The van der Waals surface area contributed by atoms with Crippen LogP contribution in [0.15, 0.2) is 48.5 Å². The quantitative estimate of drug-likeness (QED) is 0.810. The summed E-state index contributed by atoms with van der Waals surface area (Å²) in [4.78, 5) is 12.3. The van der Waals surface area contributed by atoms with Crippen LogP contribution in [0.4, 0.5) is 4.79 Å². The number of carbonyl (C=O) groups excluding carboxylic acids is 1. The molecule has 1 atom stereocenters. The van der Waals surface area contributed by atoms with Crippen LogP contribution in [0.3, 0.4) is 0 Å². The van der Waals surface area contributed by atoms with Crippen molar-refractivity contribution in [3.05, 3.63) is 59.7 Å². The zero-order valence-corrected chi connectivity index (χ0v) is 16.2. The maximum absolute atomic E-state index is 12.3. The SMILES string of the molecule is CC(CC(C)(C)c1ccccc1)NC(=O)NCc1ccc2c(c1)OCCO2. The summed E-state index contributed by atoms with van der Waals surface area (Å²) in [5, 5.41) is 5.95. The molecule has 0 radical (unpaired) electrons. The molecule has 0 fully saturated rings. The first-order valence-electron chi connectivity index (χ1n) is 9.42. The Hall–Kier alpha value is -2.69. The van der Waals surface area contributed by atoms with Crippen LogP contribution in [0.1, 0.15) is 38.3 Å². The third-order valence-corrected chi connectivity index (χ3v) is 4.81. The molecule has 2 amide bonds. The molecule has 1 heterocycles. The third kappa shape index (κ3) is 5.16. The van der Waals surface area contributed by atoms with E-state index in [0.29, 0.717) is 19.8 Å². The van der Waals surface area contributed by atoms with Gasteiger partial charge in [0.15, 0.2) is 11.5 Å². The standard InChI is InChI=1S/C22H28N2O3/c1-16(14-22(2,3)18-7-5-4-6-8-18)24-21(25)23-15-17-9-10-19-20(13-17)27-12-11-26-19/h4-10,13,16H,11-12,14-15H2,1-3H3,(H2,23,24,25). The molecule has 3 rings (SSSR count). The van der Waals surface area contributed by atoms with Gasteiger partial charge in [-0.2, -0.15) is 0 Å². The molecule has 0 aromatic heterocycles. The highest BCUT2D eigenvalue weighted by Gasteiger charge is 2.24. The second kappa shape index (κ2) is 8.33. The molecule has 27 heavy (non-hydrogen) atoms. The Morgan fingerprint density at radius 1 is 1.07 bits per heavy atom. The van der Waals surface area contributed by atoms with E-state index in [1.54, 1.807) is 0 Å². The predicted molar refractivity (Wildman–Crippen MR) is 106 cm³/mol. The van der Waals surface area contributed by atoms with Gasteiger partial charge in [-0.05, 0) is 42.0 Å². The minimum atomic E-state index is -0.166. The van der Waals surface area contributed by atoms with Gasteiger partial charge in [-0.15, -0.1) is 0 Å². The van der Waals surface area contributed by atoms with Gasteiger partial charge in [0.05, 0.1) is 0 Å². The number of hydrogen-bond donors (Lipinski definition) is 2. The Bertz CT molecular complexity index is 774. The number of benzene rings is 2. The smallest absolute Gasteiger partial charge is 0.315 e. The average Bonchev–Trinajstić information content (AvgIpc) is 2.66. The van der Waals surface area contributed by atoms with Gasteiger partial charge in [0.2, 0.25) is 0 Å². The zero-order valence-electron chi connectivity index (χ0n) is 16.2. The molecule has 2 aromatic rings. The molecule has 2 N–H and O–H groups in total. The molecule has 1 aliphatic rings. The monoisotopic (exact) mass is 368 g/mol. The molecule has 144 valence electrons. The van der Waals surface area contributed by atoms with Crippen molar-refractivity contribution in [1.29, 1.82) is 0 Å². The number of hydrogen-bond acceptors (Lipinski definition) is 3. The van der Waals surface area contributed by atoms with Crippen LogP contribution in [0.25, 0.3) is 0 Å². The van der Waals surface area contributed by atoms with Gasteiger partial charge in [-0.1, -0.05) is 50.2 Å². The van der Waals surface area contributed by atoms with Crippen LogP contribution in [-0.2, 0) is 12.0 Å². The fourth-order valence-electron chi connectivity index (χ4n) is 3.48. The molecule has 0 saturated carbocycles. The molecule has 2 aromatic carbocycles. The van der Waals surface area contributed by atoms with Gasteiger partial charge in [0.25, 0.3) is 0 Å². The summed E-state index contributed by atoms with van der Waals surface area (Å²) in [5.41, 5.74) is 2.24. The van der Waals surface area contributed by atoms with E-state index < -0.39 is 0 Å². The number of urea groups is 1. The predicted octanol–water partition coefficient (Wildman–Crippen LogP) is 4.01. The van der Waals surface area contributed by atoms with Gasteiger partial charge in [0, 0.05) is 12.6 Å². The van der Waals surface area contributed by atoms with Crippen LogP contribution in [-0.4, -0.2) is 25.3 Å². The topological polar surface area (TPSA) is 59.6 Å². The molecule has 5 nitrogen and oxygen atoms in total. The van der Waals surface area contributed by atoms with Crippen molar-refractivity contribution in [2.75, 3.05) is 13.2 Å². The lowest BCUT2D eigenvalue weighted by Crippen LogP contribution is -2.42. The number of ether oxygens (including phenoxy) is 2. The molecule has 0 saturated heterocycles. The highest BCUT2D eigenvalue weighted by molar-refractivity contribution is 5.74. The third-order valence-electron chi connectivity index (χ3n) is 4.81. The van der Waals surface area contributed by atoms with Gasteiger partial charge in [-0.3, -0.25) is 0 Å². The number of carbonyl (C=O) groups is 1. The van der Waals surface area contributed by atoms with Gasteiger partial charge < -0.3 is 20.1 Å². The second-order valence-corrected chi connectivity index (χ2v) is 7.66. The lowest BCUT2D eigenvalue weighted by atomic mass is 9.79. The minimum Gasteiger partial charge on any atom is -0.486 e. The van der Waals surface area contributed by atoms with Crippen LogP contribution in [0.5, 0.6) is 11.5 Å². The first-order valence-corrected chi connectivity index (χ1v) is 9.42. The van der Waals surface area contributed by atoms with E-state index in [0.717, 1.165) is 23.5 Å². The van der Waals surface area contributed by atoms with E-state index in [4.69, 9.17) is 9.47 Å². The molecular weight excluding hydrogens is 340 g/mol. The molecular formula is C22H28N2O3. The van der Waals surface area contributed by atoms with Crippen molar-refractivity contribution in [3.8, 4) is 11.5 Å². The number of rotatable bonds is 6. The highest BCUT2D eigenvalue weighted by atomic mass is 16.6. The fourth-order valence-corrected chi connectivity index (χ4v) is 3.48. The van der Waals surface area contributed by atoms with E-state index in [-0.39, 0.29) is 17.5 Å². The van der Waals surface area contributed by atoms with E-state index in [2.05, 4.69) is 48.7 Å². The summed E-state index contributed by atoms with van der Waals surface area (Å²) in [7, 11) is 0. The van der Waals surface area contributed by atoms with E-state index >= 15 is 0 Å². The van der Waals surface area contributed by atoms with Crippen LogP contribution in [0, 0.1) is 0 Å². The maximum Gasteiger partial charge on any atom is 0.315 e. The van der Waals surface area contributed by atoms with Crippen molar-refractivity contribution >= 4 is 6.03 Å². The van der Waals surface area contributed by atoms with E-state index in [9.17, 15) is 4.79 Å². The number of amides is 2. The summed E-state index contributed by atoms with van der Waals surface area (Å²) in [6.45, 7) is 8.01. The first kappa shape index (κ1) is 19.1. The normalized spacial score (nSPS) is 14.3. The van der Waals surface area contributed by atoms with Gasteiger partial charge in [-0.25, -0.2) is 4.79 Å². The summed E-state index contributed by atoms with van der Waals surface area (Å²) in [6, 6.07) is 16.0. The van der Waals surface area contributed by atoms with E-state index in [1.165, 1.54) is 5.56 Å². The summed E-state index contributed by atoms with van der Waals surface area (Å²) in [5.74, 6) is 1.49. The summed E-state index contributed by atoms with van der Waals surface area (Å²) >= 11 is 0. The Kier molecular flexibility index (Phi) is 5.89. The molecule has 0 bridgehead atoms. The largest absolute Gasteiger partial charge is 0.486 e. The number of nitrogens with one attached hydrogen (secondary N) is 2. The first-order chi connectivity index (χ1) is 12.9. The molecule has 1 unspecified atom stereocenters. The van der Waals surface area contributed by atoms with Crippen molar-refractivity contribution in [2.24, 2.45) is 0 Å². The molecule has 0 aliphatic carbocycles. The second-order valence-electron chi connectivity index (χ2n) is 7.66. The average molecular weight is 368 g/mol. The summed E-state index contributed by atoms with van der Waals surface area (Å²) in [6.07, 6.45) is 0.856. The lowest BCUT2D eigenvalue weighted by molar-refractivity contribution is 0.171. The molecule has 5 heteroatoms. The summed E-state index contributed by atoms with van der Waals surface area (Å²) < 4.78 is 11.1. The van der Waals surface area contributed by atoms with E-state index in [1.807, 2.05) is 31.2 Å². The maximum atomic E-state index is 12.3. The van der Waals surface area contributed by atoms with Crippen molar-refractivity contribution in [3.63, 3.8) is 0 Å². The Labute approximate surface area is 161 Å². The van der Waals surface area contributed by atoms with Gasteiger partial charge in [0.1, 0.15) is 13.2 Å². The van der Waals surface area contributed by atoms with Crippen molar-refractivity contribution in [2.45, 2.75) is 45.2 Å². The Balaban J connectivity index is 1.49. The number of fused-ring (bicyclic) bond motifs is 1. The van der Waals surface area contributed by atoms with Crippen molar-refractivity contribution < 1.29 is 14.3 Å². The van der Waals surface area contributed by atoms with Crippen LogP contribution < -0.4 is 20.1 Å². The lowest BCUT2D eigenvalue weighted by Gasteiger charge is -2.29. The zero-order chi connectivity index (χ0) is 19.3. The minimum absolute atomic E-state index is 0.0101. The van der Waals surface area contributed by atoms with Crippen LogP contribution in [0.2, 0.25) is 0 Å². The Morgan fingerprint density at radius 2 is 1.78 bits per heavy atom. The van der Waals surface area contributed by atoms with Crippen molar-refractivity contribution in [1.82, 2.24) is 10.6 Å². The fraction of sp³-hybridized carbons (Fsp3) is 0.409. The highest BCUT2D eigenvalue weighted by Crippen LogP contribution is 2.31. The molecule has 0 spiro atoms. The Morgan fingerprint density at radius 3 is 2.52 bits per heavy atom. The van der Waals surface area contributed by atoms with Gasteiger partial charge >= 0.3 is 6.03 Å². The van der Waals surface area contributed by atoms with Crippen LogP contribution >= 0.6 is 0 Å².